The number of benzene rings is 3. The van der Waals surface area contributed by atoms with Crippen molar-refractivity contribution in [2.45, 2.75) is 25.1 Å². The second kappa shape index (κ2) is 16.4. The van der Waals surface area contributed by atoms with E-state index in [1.807, 2.05) is 19.0 Å². The molecule has 1 aliphatic heterocycles. The molecule has 3 aromatic carbocycles. The van der Waals surface area contributed by atoms with Crippen molar-refractivity contribution in [1.82, 2.24) is 10.2 Å². The highest BCUT2D eigenvalue weighted by Crippen LogP contribution is 2.33. The molecule has 3 aromatic rings. The van der Waals surface area contributed by atoms with E-state index in [2.05, 4.69) is 5.32 Å². The van der Waals surface area contributed by atoms with Gasteiger partial charge in [0.25, 0.3) is 5.91 Å². The molecule has 2 amide bonds. The Bertz CT molecular complexity index is 1530. The summed E-state index contributed by atoms with van der Waals surface area (Å²) in [7, 11) is 6.58. The third-order valence-corrected chi connectivity index (χ3v) is 7.62. The Balaban J connectivity index is 1.79. The lowest BCUT2D eigenvalue weighted by molar-refractivity contribution is -0.0416. The first-order valence-corrected chi connectivity index (χ1v) is 14.9. The van der Waals surface area contributed by atoms with Gasteiger partial charge >= 0.3 is 12.1 Å². The highest BCUT2D eigenvalue weighted by atomic mass is 16.7. The number of ether oxygens (including phenoxy) is 5. The molecule has 13 nitrogen and oxygen atoms in total. The second-order valence-corrected chi connectivity index (χ2v) is 11.0. The SMILES string of the molecule is COCOc1ccc(C(=O)NC2C(C(=O)c3cc(N(C)C)ccc3OCOC)CCCN(C(=O)O)C2OC(=O)c2ccccc2)cc1. The first-order chi connectivity index (χ1) is 22.6. The van der Waals surface area contributed by atoms with Crippen LogP contribution in [0.25, 0.3) is 0 Å². The average molecular weight is 650 g/mol. The molecule has 2 N–H and O–H groups in total. The normalized spacial score (nSPS) is 17.6. The van der Waals surface area contributed by atoms with Gasteiger partial charge in [-0.2, -0.15) is 0 Å². The Labute approximate surface area is 272 Å². The molecule has 0 aromatic heterocycles. The van der Waals surface area contributed by atoms with E-state index in [9.17, 15) is 24.3 Å². The van der Waals surface area contributed by atoms with Gasteiger partial charge in [0, 0.05) is 52.0 Å². The molecule has 0 bridgehead atoms. The van der Waals surface area contributed by atoms with Crippen molar-refractivity contribution in [2.75, 3.05) is 53.3 Å². The van der Waals surface area contributed by atoms with Crippen molar-refractivity contribution in [3.05, 3.63) is 89.5 Å². The Morgan fingerprint density at radius 3 is 2.21 bits per heavy atom. The third-order valence-electron chi connectivity index (χ3n) is 7.62. The Hall–Kier alpha value is -5.14. The molecule has 3 atom stereocenters. The molecule has 1 heterocycles. The van der Waals surface area contributed by atoms with E-state index in [1.54, 1.807) is 48.5 Å². The van der Waals surface area contributed by atoms with Gasteiger partial charge in [0.2, 0.25) is 6.23 Å². The van der Waals surface area contributed by atoms with Gasteiger partial charge in [-0.15, -0.1) is 0 Å². The summed E-state index contributed by atoms with van der Waals surface area (Å²) >= 11 is 0. The van der Waals surface area contributed by atoms with Gasteiger partial charge < -0.3 is 39.0 Å². The molecule has 3 unspecified atom stereocenters. The molecule has 0 spiro atoms. The number of carbonyl (C=O) groups is 4. The largest absolute Gasteiger partial charge is 0.468 e. The number of carbonyl (C=O) groups excluding carboxylic acids is 3. The van der Waals surface area contributed by atoms with Crippen LogP contribution in [0.5, 0.6) is 11.5 Å². The van der Waals surface area contributed by atoms with Crippen LogP contribution in [0, 0.1) is 5.92 Å². The average Bonchev–Trinajstić information content (AvgIpc) is 3.25. The zero-order valence-electron chi connectivity index (χ0n) is 26.7. The fourth-order valence-corrected chi connectivity index (χ4v) is 5.24. The Morgan fingerprint density at radius 1 is 0.894 bits per heavy atom. The van der Waals surface area contributed by atoms with Gasteiger partial charge in [0.05, 0.1) is 17.2 Å². The molecule has 250 valence electrons. The summed E-state index contributed by atoms with van der Waals surface area (Å²) in [6.07, 6.45) is -2.50. The van der Waals surface area contributed by atoms with Crippen LogP contribution in [0.2, 0.25) is 0 Å². The lowest BCUT2D eigenvalue weighted by atomic mass is 9.86. The number of methoxy groups -OCH3 is 2. The minimum Gasteiger partial charge on any atom is -0.468 e. The number of hydrogen-bond donors (Lipinski definition) is 2. The number of nitrogens with one attached hydrogen (secondary N) is 1. The number of ketones is 1. The van der Waals surface area contributed by atoms with Crippen LogP contribution in [0.15, 0.2) is 72.8 Å². The van der Waals surface area contributed by atoms with Gasteiger partial charge in [-0.1, -0.05) is 18.2 Å². The highest BCUT2D eigenvalue weighted by molar-refractivity contribution is 6.02. The van der Waals surface area contributed by atoms with E-state index < -0.39 is 41.9 Å². The van der Waals surface area contributed by atoms with E-state index in [-0.39, 0.29) is 55.4 Å². The number of Topliss-reactive ketones (excluding diaryl/α,β-unsaturated/α-hetero) is 1. The van der Waals surface area contributed by atoms with Crippen molar-refractivity contribution < 1.29 is 48.0 Å². The number of carboxylic acid groups (broad SMARTS) is 1. The van der Waals surface area contributed by atoms with Gasteiger partial charge in [0.15, 0.2) is 19.4 Å². The number of hydrogen-bond acceptors (Lipinski definition) is 10. The number of anilines is 1. The van der Waals surface area contributed by atoms with Crippen molar-refractivity contribution in [3.63, 3.8) is 0 Å². The van der Waals surface area contributed by atoms with Crippen molar-refractivity contribution >= 4 is 29.4 Å². The van der Waals surface area contributed by atoms with Crippen LogP contribution in [0.3, 0.4) is 0 Å². The zero-order valence-corrected chi connectivity index (χ0v) is 26.7. The molecular weight excluding hydrogens is 610 g/mol. The van der Waals surface area contributed by atoms with Crippen molar-refractivity contribution in [3.8, 4) is 11.5 Å². The number of amides is 2. The molecule has 47 heavy (non-hydrogen) atoms. The maximum absolute atomic E-state index is 14.5. The summed E-state index contributed by atoms with van der Waals surface area (Å²) in [5, 5.41) is 13.1. The number of likely N-dealkylation sites (tertiary alicyclic amines) is 1. The maximum Gasteiger partial charge on any atom is 0.410 e. The molecule has 0 aliphatic carbocycles. The minimum atomic E-state index is -1.55. The Kier molecular flexibility index (Phi) is 12.1. The predicted octanol–water partition coefficient (Wildman–Crippen LogP) is 4.27. The monoisotopic (exact) mass is 649 g/mol. The summed E-state index contributed by atoms with van der Waals surface area (Å²) in [5.41, 5.74) is 1.30. The summed E-state index contributed by atoms with van der Waals surface area (Å²) in [5.74, 6) is -2.17. The first-order valence-electron chi connectivity index (χ1n) is 14.9. The van der Waals surface area contributed by atoms with Gasteiger partial charge in [-0.25, -0.2) is 9.59 Å². The minimum absolute atomic E-state index is 0.0159. The van der Waals surface area contributed by atoms with Crippen LogP contribution in [0.4, 0.5) is 10.5 Å². The quantitative estimate of drug-likeness (QED) is 0.155. The molecular formula is C34H39N3O10. The van der Waals surface area contributed by atoms with Crippen LogP contribution in [-0.2, 0) is 14.2 Å². The molecule has 0 radical (unpaired) electrons. The molecule has 13 heteroatoms. The van der Waals surface area contributed by atoms with Crippen molar-refractivity contribution in [2.24, 2.45) is 5.92 Å². The topological polar surface area (TPSA) is 153 Å². The summed E-state index contributed by atoms with van der Waals surface area (Å²) in [6, 6.07) is 18.1. The smallest absolute Gasteiger partial charge is 0.410 e. The van der Waals surface area contributed by atoms with Crippen LogP contribution >= 0.6 is 0 Å². The lowest BCUT2D eigenvalue weighted by Gasteiger charge is -2.35. The lowest BCUT2D eigenvalue weighted by Crippen LogP contribution is -2.58. The van der Waals surface area contributed by atoms with E-state index >= 15 is 0 Å². The van der Waals surface area contributed by atoms with E-state index in [4.69, 9.17) is 23.7 Å². The number of esters is 1. The molecule has 1 fully saturated rings. The first kappa shape index (κ1) is 34.7. The van der Waals surface area contributed by atoms with Crippen LogP contribution in [-0.4, -0.2) is 94.5 Å². The molecule has 1 saturated heterocycles. The maximum atomic E-state index is 14.5. The Morgan fingerprint density at radius 2 is 1.57 bits per heavy atom. The summed E-state index contributed by atoms with van der Waals surface area (Å²) in [4.78, 5) is 57.0. The third kappa shape index (κ3) is 8.77. The van der Waals surface area contributed by atoms with Gasteiger partial charge in [-0.05, 0) is 67.4 Å². The van der Waals surface area contributed by atoms with E-state index in [0.717, 1.165) is 4.90 Å². The van der Waals surface area contributed by atoms with E-state index in [1.165, 1.54) is 38.5 Å². The molecule has 4 rings (SSSR count). The highest BCUT2D eigenvalue weighted by Gasteiger charge is 2.45. The van der Waals surface area contributed by atoms with Gasteiger partial charge in [-0.3, -0.25) is 14.5 Å². The fourth-order valence-electron chi connectivity index (χ4n) is 5.24. The number of rotatable bonds is 13. The van der Waals surface area contributed by atoms with Crippen LogP contribution in [0.1, 0.15) is 43.9 Å². The predicted molar refractivity (Wildman–Crippen MR) is 171 cm³/mol. The standard InChI is InChI=1S/C34H39N3O10/c1-36(2)24-14-17-28(46-21-44-4)27(19-24)30(38)26-11-8-18-37(34(41)42)32(47-33(40)23-9-6-5-7-10-23)29(26)35-31(39)22-12-15-25(16-13-22)45-20-43-3/h5-7,9-10,12-17,19,26,29,32H,8,11,18,20-21H2,1-4H3,(H,35,39)(H,41,42). The zero-order chi connectivity index (χ0) is 33.9. The molecule has 1 aliphatic rings. The van der Waals surface area contributed by atoms with Crippen LogP contribution < -0.4 is 19.7 Å². The number of nitrogens with zero attached hydrogens (tertiary/aromatic N) is 2. The fraction of sp³-hybridized carbons (Fsp3) is 0.353. The molecule has 0 saturated carbocycles. The van der Waals surface area contributed by atoms with E-state index in [0.29, 0.717) is 11.4 Å². The summed E-state index contributed by atoms with van der Waals surface area (Å²) in [6.45, 7) is -0.156. The second-order valence-electron chi connectivity index (χ2n) is 11.0. The van der Waals surface area contributed by atoms with Crippen molar-refractivity contribution in [1.29, 1.82) is 0 Å². The summed E-state index contributed by atoms with van der Waals surface area (Å²) < 4.78 is 27.0. The van der Waals surface area contributed by atoms with Gasteiger partial charge in [0.1, 0.15) is 11.5 Å².